The lowest BCUT2D eigenvalue weighted by Gasteiger charge is -2.26. The number of hydrogen-bond donors (Lipinski definition) is 1. The first kappa shape index (κ1) is 16.8. The number of nitrogens with one attached hydrogen (secondary N) is 1. The lowest BCUT2D eigenvalue weighted by atomic mass is 10.0. The lowest BCUT2D eigenvalue weighted by Crippen LogP contribution is -2.28. The molecule has 1 atom stereocenters. The molecule has 0 bridgehead atoms. The van der Waals surface area contributed by atoms with Crippen LogP contribution in [-0.2, 0) is 11.2 Å². The van der Waals surface area contributed by atoms with Crippen molar-refractivity contribution in [2.75, 3.05) is 0 Å². The second-order valence-electron chi connectivity index (χ2n) is 7.52. The molecule has 1 fully saturated rings. The van der Waals surface area contributed by atoms with Gasteiger partial charge < -0.3 is 4.55 Å². The molecule has 6 heterocycles. The Bertz CT molecular complexity index is 1570. The van der Waals surface area contributed by atoms with Crippen molar-refractivity contribution in [2.45, 2.75) is 28.7 Å². The Kier molecular flexibility index (Phi) is 3.38. The highest BCUT2D eigenvalue weighted by Crippen LogP contribution is 2.43. The van der Waals surface area contributed by atoms with Gasteiger partial charge in [0.05, 0.1) is 34.7 Å². The van der Waals surface area contributed by atoms with Gasteiger partial charge in [0.1, 0.15) is 15.6 Å². The first-order valence-corrected chi connectivity index (χ1v) is 11.8. The van der Waals surface area contributed by atoms with E-state index in [1.54, 1.807) is 23.2 Å². The van der Waals surface area contributed by atoms with Gasteiger partial charge in [-0.15, -0.1) is 0 Å². The van der Waals surface area contributed by atoms with Crippen molar-refractivity contribution in [3.8, 4) is 11.4 Å². The van der Waals surface area contributed by atoms with E-state index in [0.29, 0.717) is 5.78 Å². The molecule has 0 aromatic carbocycles. The number of imidazole rings is 1. The van der Waals surface area contributed by atoms with Crippen LogP contribution in [0.3, 0.4) is 0 Å². The second-order valence-corrected chi connectivity index (χ2v) is 10.5. The van der Waals surface area contributed by atoms with E-state index >= 15 is 0 Å². The average molecular weight is 434 g/mol. The number of pyridine rings is 1. The Morgan fingerprint density at radius 1 is 1.23 bits per heavy atom. The molecular weight excluding hydrogens is 418 g/mol. The molecule has 0 aliphatic heterocycles. The smallest absolute Gasteiger partial charge is 0.234 e. The Morgan fingerprint density at radius 3 is 3.03 bits per heavy atom. The predicted octanol–water partition coefficient (Wildman–Crippen LogP) is 3.80. The third-order valence-corrected chi connectivity index (χ3v) is 9.12. The number of fused-ring (bicyclic) bond motifs is 3. The summed E-state index contributed by atoms with van der Waals surface area (Å²) in [6, 6.07) is 5.92. The highest BCUT2D eigenvalue weighted by molar-refractivity contribution is 7.94. The van der Waals surface area contributed by atoms with E-state index < -0.39 is 11.2 Å². The lowest BCUT2D eigenvalue weighted by molar-refractivity contribution is 0.478. The standard InChI is InChI=1S/C20H15N7OS2/c28-30(11-3-1-4-11)19-17-16-12(14-5-7-23-27(14)25-17)9-13(24-18(16)29-19)15-10-22-20-21-6-2-8-26(15)20/h2,5-11,25H,1,3-4H2. The molecule has 6 aromatic rings. The quantitative estimate of drug-likeness (QED) is 0.428. The fourth-order valence-electron chi connectivity index (χ4n) is 4.11. The molecule has 8 nitrogen and oxygen atoms in total. The minimum absolute atomic E-state index is 0.239. The van der Waals surface area contributed by atoms with Gasteiger partial charge in [0, 0.05) is 29.0 Å². The largest absolute Gasteiger partial charge is 0.611 e. The summed E-state index contributed by atoms with van der Waals surface area (Å²) in [6.45, 7) is 0. The molecule has 148 valence electrons. The van der Waals surface area contributed by atoms with Crippen molar-refractivity contribution in [2.24, 2.45) is 0 Å². The van der Waals surface area contributed by atoms with Gasteiger partial charge in [-0.25, -0.2) is 15.0 Å². The fraction of sp³-hybridized carbons (Fsp3) is 0.200. The number of aromatic nitrogens is 7. The number of nitrogens with zero attached hydrogens (tertiary/aromatic N) is 6. The third kappa shape index (κ3) is 2.21. The molecule has 6 aromatic heterocycles. The van der Waals surface area contributed by atoms with Crippen LogP contribution in [0.25, 0.3) is 43.8 Å². The summed E-state index contributed by atoms with van der Waals surface area (Å²) in [5, 5.41) is 10.1. The Balaban J connectivity index is 1.56. The zero-order valence-electron chi connectivity index (χ0n) is 15.6. The Labute approximate surface area is 176 Å². The molecule has 30 heavy (non-hydrogen) atoms. The van der Waals surface area contributed by atoms with E-state index in [1.807, 2.05) is 22.7 Å². The molecule has 1 aliphatic rings. The Morgan fingerprint density at radius 2 is 2.17 bits per heavy atom. The summed E-state index contributed by atoms with van der Waals surface area (Å²) in [5.41, 5.74) is 3.52. The molecule has 0 spiro atoms. The molecule has 1 unspecified atom stereocenters. The number of H-pyrrole nitrogens is 1. The molecule has 1 N–H and O–H groups in total. The zero-order valence-corrected chi connectivity index (χ0v) is 17.3. The molecule has 0 radical (unpaired) electrons. The van der Waals surface area contributed by atoms with Gasteiger partial charge in [-0.3, -0.25) is 9.50 Å². The number of thiophene rings is 1. The summed E-state index contributed by atoms with van der Waals surface area (Å²) >= 11 is 0.476. The van der Waals surface area contributed by atoms with Crippen LogP contribution in [0.5, 0.6) is 0 Å². The van der Waals surface area contributed by atoms with Crippen molar-refractivity contribution in [3.05, 3.63) is 43.0 Å². The number of rotatable bonds is 3. The summed E-state index contributed by atoms with van der Waals surface area (Å²) < 4.78 is 17.8. The van der Waals surface area contributed by atoms with Crippen molar-refractivity contribution >= 4 is 54.9 Å². The highest BCUT2D eigenvalue weighted by atomic mass is 32.2. The maximum Gasteiger partial charge on any atom is 0.234 e. The molecular formula is C20H15N7OS2. The van der Waals surface area contributed by atoms with Crippen molar-refractivity contribution in [3.63, 3.8) is 0 Å². The van der Waals surface area contributed by atoms with Gasteiger partial charge in [0.25, 0.3) is 0 Å². The summed E-state index contributed by atoms with van der Waals surface area (Å²) in [7, 11) is 0. The normalized spacial score (nSPS) is 16.2. The second kappa shape index (κ2) is 6.03. The van der Waals surface area contributed by atoms with E-state index in [-0.39, 0.29) is 5.25 Å². The topological polar surface area (TPSA) is 99.2 Å². The van der Waals surface area contributed by atoms with Crippen molar-refractivity contribution < 1.29 is 4.55 Å². The summed E-state index contributed by atoms with van der Waals surface area (Å²) in [5.74, 6) is 0.633. The fourth-order valence-corrected chi connectivity index (χ4v) is 7.38. The Hall–Kier alpha value is -2.95. The first-order chi connectivity index (χ1) is 14.8. The van der Waals surface area contributed by atoms with E-state index in [2.05, 4.69) is 26.2 Å². The van der Waals surface area contributed by atoms with Crippen LogP contribution < -0.4 is 0 Å². The van der Waals surface area contributed by atoms with E-state index in [1.165, 1.54) is 11.3 Å². The van der Waals surface area contributed by atoms with Gasteiger partial charge >= 0.3 is 0 Å². The maximum atomic E-state index is 13.3. The predicted molar refractivity (Wildman–Crippen MR) is 116 cm³/mol. The number of hydrogen-bond acceptors (Lipinski definition) is 6. The van der Waals surface area contributed by atoms with Gasteiger partial charge in [0.2, 0.25) is 9.99 Å². The SMILES string of the molecule is [O-][S+](c1sc2nc(-c3cnc4ncccn34)cc3c2c1[nH]n1nccc31)C1CCC1. The van der Waals surface area contributed by atoms with E-state index in [4.69, 9.17) is 4.98 Å². The van der Waals surface area contributed by atoms with Gasteiger partial charge in [0.15, 0.2) is 0 Å². The molecule has 0 amide bonds. The molecule has 7 rings (SSSR count). The van der Waals surface area contributed by atoms with Gasteiger partial charge in [-0.2, -0.15) is 9.73 Å². The van der Waals surface area contributed by atoms with Crippen LogP contribution >= 0.6 is 11.3 Å². The monoisotopic (exact) mass is 433 g/mol. The highest BCUT2D eigenvalue weighted by Gasteiger charge is 2.35. The minimum Gasteiger partial charge on any atom is -0.611 e. The van der Waals surface area contributed by atoms with Crippen LogP contribution in [0.1, 0.15) is 19.3 Å². The third-order valence-electron chi connectivity index (χ3n) is 5.85. The summed E-state index contributed by atoms with van der Waals surface area (Å²) in [6.07, 6.45) is 10.4. The van der Waals surface area contributed by atoms with Crippen LogP contribution in [0.15, 0.2) is 47.2 Å². The number of aromatic amines is 1. The van der Waals surface area contributed by atoms with Crippen molar-refractivity contribution in [1.82, 2.24) is 34.2 Å². The first-order valence-electron chi connectivity index (χ1n) is 9.76. The summed E-state index contributed by atoms with van der Waals surface area (Å²) in [4.78, 5) is 14.6. The van der Waals surface area contributed by atoms with Gasteiger partial charge in [-0.05, 0) is 37.5 Å². The van der Waals surface area contributed by atoms with Crippen molar-refractivity contribution in [1.29, 1.82) is 0 Å². The maximum absolute atomic E-state index is 13.3. The van der Waals surface area contributed by atoms with Crippen LogP contribution in [0.4, 0.5) is 0 Å². The minimum atomic E-state index is -1.04. The average Bonchev–Trinajstić information content (AvgIpc) is 3.44. The molecule has 1 aliphatic carbocycles. The molecule has 1 saturated carbocycles. The van der Waals surface area contributed by atoms with Crippen LogP contribution in [0.2, 0.25) is 0 Å². The van der Waals surface area contributed by atoms with E-state index in [0.717, 1.165) is 61.5 Å². The molecule has 0 saturated heterocycles. The molecule has 10 heteroatoms. The van der Waals surface area contributed by atoms with E-state index in [9.17, 15) is 4.55 Å². The van der Waals surface area contributed by atoms with Crippen LogP contribution in [0, 0.1) is 0 Å². The zero-order chi connectivity index (χ0) is 19.8. The van der Waals surface area contributed by atoms with Gasteiger partial charge in [-0.1, -0.05) is 11.3 Å². The van der Waals surface area contributed by atoms with Crippen LogP contribution in [-0.4, -0.2) is 44.0 Å².